The summed E-state index contributed by atoms with van der Waals surface area (Å²) in [5.41, 5.74) is 2.53. The Hall–Kier alpha value is -3.71. The molecular formula is C29H34N2O5. The number of methoxy groups -OCH3 is 3. The number of hydrogen-bond acceptors (Lipinski definition) is 6. The largest absolute Gasteiger partial charge is 0.496 e. The first kappa shape index (κ1) is 25.4. The Kier molecular flexibility index (Phi) is 8.68. The maximum absolute atomic E-state index is 13.3. The first-order chi connectivity index (χ1) is 17.6. The summed E-state index contributed by atoms with van der Waals surface area (Å²) in [5, 5.41) is 3.12. The number of para-hydroxylation sites is 1. The van der Waals surface area contributed by atoms with Gasteiger partial charge in [0.1, 0.15) is 12.4 Å². The van der Waals surface area contributed by atoms with Gasteiger partial charge < -0.3 is 24.3 Å². The number of likely N-dealkylation sites (tertiary alicyclic amines) is 1. The van der Waals surface area contributed by atoms with E-state index in [-0.39, 0.29) is 11.9 Å². The number of rotatable bonds is 11. The van der Waals surface area contributed by atoms with E-state index in [0.29, 0.717) is 36.0 Å². The maximum Gasteiger partial charge on any atom is 0.251 e. The van der Waals surface area contributed by atoms with Crippen molar-refractivity contribution in [3.05, 3.63) is 83.4 Å². The second-order valence-electron chi connectivity index (χ2n) is 8.70. The predicted molar refractivity (Wildman–Crippen MR) is 139 cm³/mol. The van der Waals surface area contributed by atoms with Crippen molar-refractivity contribution < 1.29 is 23.7 Å². The Balaban J connectivity index is 1.52. The lowest BCUT2D eigenvalue weighted by Gasteiger charge is -2.29. The fourth-order valence-electron chi connectivity index (χ4n) is 4.61. The van der Waals surface area contributed by atoms with Crippen molar-refractivity contribution >= 4 is 5.91 Å². The van der Waals surface area contributed by atoms with Crippen LogP contribution in [0.4, 0.5) is 0 Å². The molecular weight excluding hydrogens is 456 g/mol. The number of carbonyl (C=O) groups excluding carboxylic acids is 1. The van der Waals surface area contributed by atoms with E-state index in [2.05, 4.69) is 16.3 Å². The van der Waals surface area contributed by atoms with Crippen LogP contribution in [-0.4, -0.2) is 51.8 Å². The minimum Gasteiger partial charge on any atom is -0.496 e. The van der Waals surface area contributed by atoms with Gasteiger partial charge in [-0.3, -0.25) is 9.69 Å². The van der Waals surface area contributed by atoms with Crippen LogP contribution in [0, 0.1) is 0 Å². The molecule has 3 aromatic carbocycles. The highest BCUT2D eigenvalue weighted by molar-refractivity contribution is 5.95. The van der Waals surface area contributed by atoms with Crippen LogP contribution in [0.15, 0.2) is 66.7 Å². The molecule has 4 rings (SSSR count). The third-order valence-electron chi connectivity index (χ3n) is 6.48. The number of hydrogen-bond donors (Lipinski definition) is 1. The molecule has 0 radical (unpaired) electrons. The first-order valence-corrected chi connectivity index (χ1v) is 12.2. The molecule has 1 fully saturated rings. The average molecular weight is 491 g/mol. The monoisotopic (exact) mass is 490 g/mol. The second-order valence-corrected chi connectivity index (χ2v) is 8.70. The van der Waals surface area contributed by atoms with Gasteiger partial charge in [-0.25, -0.2) is 0 Å². The van der Waals surface area contributed by atoms with Crippen LogP contribution in [0.5, 0.6) is 23.0 Å². The standard InChI is InChI=1S/C29H34N2O5/c1-33-25-14-8-7-13-23(25)24(31-15-9-10-16-31)19-30-29(32)22-17-26(34-2)28(27(18-22)35-3)36-20-21-11-5-4-6-12-21/h4-8,11-14,17-18,24H,9-10,15-16,19-20H2,1-3H3,(H,30,32). The van der Waals surface area contributed by atoms with E-state index in [1.54, 1.807) is 33.5 Å². The number of carbonyl (C=O) groups is 1. The molecule has 0 saturated carbocycles. The quantitative estimate of drug-likeness (QED) is 0.414. The Bertz CT molecular complexity index is 1120. The number of nitrogens with zero attached hydrogens (tertiary/aromatic N) is 1. The maximum atomic E-state index is 13.3. The normalized spacial score (nSPS) is 14.2. The number of nitrogens with one attached hydrogen (secondary N) is 1. The van der Waals surface area contributed by atoms with Gasteiger partial charge in [0.2, 0.25) is 5.75 Å². The summed E-state index contributed by atoms with van der Waals surface area (Å²) in [5.74, 6) is 1.96. The number of ether oxygens (including phenoxy) is 4. The molecule has 0 bridgehead atoms. The first-order valence-electron chi connectivity index (χ1n) is 12.2. The summed E-state index contributed by atoms with van der Waals surface area (Å²) < 4.78 is 22.8. The van der Waals surface area contributed by atoms with Gasteiger partial charge in [-0.2, -0.15) is 0 Å². The van der Waals surface area contributed by atoms with Crippen LogP contribution in [0.1, 0.15) is 40.4 Å². The zero-order valence-corrected chi connectivity index (χ0v) is 21.2. The second kappa shape index (κ2) is 12.3. The molecule has 0 aliphatic carbocycles. The number of amides is 1. The third-order valence-corrected chi connectivity index (χ3v) is 6.48. The molecule has 0 aromatic heterocycles. The summed E-state index contributed by atoms with van der Waals surface area (Å²) in [6, 6.07) is 21.2. The highest BCUT2D eigenvalue weighted by Crippen LogP contribution is 2.39. The van der Waals surface area contributed by atoms with Crippen LogP contribution in [0.3, 0.4) is 0 Å². The van der Waals surface area contributed by atoms with Crippen LogP contribution in [0.2, 0.25) is 0 Å². The number of benzene rings is 3. The van der Waals surface area contributed by atoms with Crippen LogP contribution in [-0.2, 0) is 6.61 Å². The molecule has 190 valence electrons. The summed E-state index contributed by atoms with van der Waals surface area (Å²) in [4.78, 5) is 15.7. The Morgan fingerprint density at radius 1 is 0.861 bits per heavy atom. The Morgan fingerprint density at radius 2 is 1.47 bits per heavy atom. The van der Waals surface area contributed by atoms with Crippen molar-refractivity contribution in [3.8, 4) is 23.0 Å². The van der Waals surface area contributed by atoms with Gasteiger partial charge in [0, 0.05) is 17.7 Å². The van der Waals surface area contributed by atoms with Crippen molar-refractivity contribution in [2.45, 2.75) is 25.5 Å². The molecule has 3 aromatic rings. The summed E-state index contributed by atoms with van der Waals surface area (Å²) in [6.45, 7) is 2.80. The third kappa shape index (κ3) is 5.91. The van der Waals surface area contributed by atoms with E-state index < -0.39 is 0 Å². The van der Waals surface area contributed by atoms with Gasteiger partial charge >= 0.3 is 0 Å². The lowest BCUT2D eigenvalue weighted by Crippen LogP contribution is -2.37. The van der Waals surface area contributed by atoms with E-state index in [1.807, 2.05) is 48.5 Å². The minimum atomic E-state index is -0.208. The minimum absolute atomic E-state index is 0.0184. The average Bonchev–Trinajstić information content (AvgIpc) is 3.47. The molecule has 7 heteroatoms. The lowest BCUT2D eigenvalue weighted by atomic mass is 10.0. The van der Waals surface area contributed by atoms with E-state index in [4.69, 9.17) is 18.9 Å². The van der Waals surface area contributed by atoms with E-state index in [9.17, 15) is 4.79 Å². The van der Waals surface area contributed by atoms with Gasteiger partial charge in [0.25, 0.3) is 5.91 Å². The van der Waals surface area contributed by atoms with Crippen molar-refractivity contribution in [2.24, 2.45) is 0 Å². The lowest BCUT2D eigenvalue weighted by molar-refractivity contribution is 0.0936. The van der Waals surface area contributed by atoms with Crippen molar-refractivity contribution in [3.63, 3.8) is 0 Å². The van der Waals surface area contributed by atoms with Gasteiger partial charge in [-0.05, 0) is 49.7 Å². The molecule has 0 spiro atoms. The highest BCUT2D eigenvalue weighted by Gasteiger charge is 2.27. The molecule has 1 aliphatic heterocycles. The Morgan fingerprint density at radius 3 is 2.11 bits per heavy atom. The van der Waals surface area contributed by atoms with Crippen molar-refractivity contribution in [1.29, 1.82) is 0 Å². The molecule has 36 heavy (non-hydrogen) atoms. The van der Waals surface area contributed by atoms with Crippen LogP contribution < -0.4 is 24.3 Å². The van der Waals surface area contributed by atoms with Crippen LogP contribution in [0.25, 0.3) is 0 Å². The topological polar surface area (TPSA) is 69.3 Å². The fourth-order valence-corrected chi connectivity index (χ4v) is 4.61. The molecule has 1 N–H and O–H groups in total. The van der Waals surface area contributed by atoms with Gasteiger partial charge in [0.05, 0.1) is 27.4 Å². The summed E-state index contributed by atoms with van der Waals surface area (Å²) >= 11 is 0. The zero-order valence-electron chi connectivity index (χ0n) is 21.2. The van der Waals surface area contributed by atoms with E-state index in [0.717, 1.165) is 42.8 Å². The molecule has 7 nitrogen and oxygen atoms in total. The molecule has 1 atom stereocenters. The summed E-state index contributed by atoms with van der Waals surface area (Å²) in [6.07, 6.45) is 2.30. The zero-order chi connectivity index (χ0) is 25.3. The highest BCUT2D eigenvalue weighted by atomic mass is 16.5. The van der Waals surface area contributed by atoms with Gasteiger partial charge in [-0.15, -0.1) is 0 Å². The molecule has 1 saturated heterocycles. The molecule has 1 amide bonds. The summed E-state index contributed by atoms with van der Waals surface area (Å²) in [7, 11) is 4.78. The van der Waals surface area contributed by atoms with Gasteiger partial charge in [0.15, 0.2) is 11.5 Å². The van der Waals surface area contributed by atoms with Crippen molar-refractivity contribution in [2.75, 3.05) is 41.0 Å². The van der Waals surface area contributed by atoms with Crippen LogP contribution >= 0.6 is 0 Å². The fraction of sp³-hybridized carbons (Fsp3) is 0.345. The molecule has 1 heterocycles. The SMILES string of the molecule is COc1ccccc1C(CNC(=O)c1cc(OC)c(OCc2ccccc2)c(OC)c1)N1CCCC1. The Labute approximate surface area is 212 Å². The van der Waals surface area contributed by atoms with Crippen molar-refractivity contribution in [1.82, 2.24) is 10.2 Å². The smallest absolute Gasteiger partial charge is 0.251 e. The molecule has 1 unspecified atom stereocenters. The van der Waals surface area contributed by atoms with E-state index >= 15 is 0 Å². The predicted octanol–water partition coefficient (Wildman–Crippen LogP) is 4.86. The van der Waals surface area contributed by atoms with Gasteiger partial charge in [-0.1, -0.05) is 48.5 Å². The van der Waals surface area contributed by atoms with E-state index in [1.165, 1.54) is 0 Å². The molecule has 1 aliphatic rings.